The van der Waals surface area contributed by atoms with Crippen molar-refractivity contribution in [3.8, 4) is 11.5 Å². The number of aromatic nitrogens is 1. The lowest BCUT2D eigenvalue weighted by atomic mass is 10.1. The average Bonchev–Trinajstić information content (AvgIpc) is 3.33. The maximum absolute atomic E-state index is 5.81. The number of hydrogen-bond acceptors (Lipinski definition) is 5. The predicted octanol–water partition coefficient (Wildman–Crippen LogP) is 3.19. The monoisotopic (exact) mass is 371 g/mol. The Morgan fingerprint density at radius 1 is 1.27 bits per heavy atom. The number of benzene rings is 1. The van der Waals surface area contributed by atoms with Gasteiger partial charge in [-0.3, -0.25) is 4.98 Å². The number of nitrogens with zero attached hydrogens (tertiary/aromatic N) is 2. The molecular weight excluding hydrogens is 350 g/mol. The molecule has 26 heavy (non-hydrogen) atoms. The van der Waals surface area contributed by atoms with E-state index in [1.807, 2.05) is 30.3 Å². The third-order valence-electron chi connectivity index (χ3n) is 4.46. The summed E-state index contributed by atoms with van der Waals surface area (Å²) >= 11 is 5.67. The summed E-state index contributed by atoms with van der Waals surface area (Å²) in [6.45, 7) is 2.52. The van der Waals surface area contributed by atoms with Gasteiger partial charge in [-0.15, -0.1) is 0 Å². The van der Waals surface area contributed by atoms with Gasteiger partial charge in [0.25, 0.3) is 0 Å². The van der Waals surface area contributed by atoms with Crippen LogP contribution in [0, 0.1) is 0 Å². The van der Waals surface area contributed by atoms with Crippen molar-refractivity contribution in [3.63, 3.8) is 0 Å². The van der Waals surface area contributed by atoms with Gasteiger partial charge in [-0.1, -0.05) is 6.07 Å². The molecule has 0 spiro atoms. The standard InChI is InChI=1S/C19H21N3O3S/c26-19(21-15-3-1-7-20-10-15)22(12-16-4-2-8-23-16)11-14-5-6-17-18(9-14)25-13-24-17/h1,3,5-7,9-10,16H,2,4,8,11-13H2,(H,21,26). The van der Waals surface area contributed by atoms with Gasteiger partial charge in [0.05, 0.1) is 18.0 Å². The van der Waals surface area contributed by atoms with E-state index in [0.717, 1.165) is 48.7 Å². The van der Waals surface area contributed by atoms with E-state index < -0.39 is 0 Å². The first-order valence-corrected chi connectivity index (χ1v) is 9.15. The van der Waals surface area contributed by atoms with Crippen molar-refractivity contribution in [2.24, 2.45) is 0 Å². The predicted molar refractivity (Wildman–Crippen MR) is 102 cm³/mol. The minimum absolute atomic E-state index is 0.206. The Labute approximate surface area is 158 Å². The van der Waals surface area contributed by atoms with Gasteiger partial charge in [0.1, 0.15) is 0 Å². The minimum Gasteiger partial charge on any atom is -0.454 e. The molecule has 7 heteroatoms. The molecule has 4 rings (SSSR count). The average molecular weight is 371 g/mol. The first-order chi connectivity index (χ1) is 12.8. The summed E-state index contributed by atoms with van der Waals surface area (Å²) in [4.78, 5) is 6.26. The van der Waals surface area contributed by atoms with E-state index in [9.17, 15) is 0 Å². The van der Waals surface area contributed by atoms with Crippen LogP contribution in [0.15, 0.2) is 42.7 Å². The van der Waals surface area contributed by atoms with Crippen molar-refractivity contribution in [2.75, 3.05) is 25.3 Å². The molecule has 0 aliphatic carbocycles. The van der Waals surface area contributed by atoms with Crippen LogP contribution in [0.1, 0.15) is 18.4 Å². The van der Waals surface area contributed by atoms with E-state index in [0.29, 0.717) is 11.7 Å². The van der Waals surface area contributed by atoms with Crippen molar-refractivity contribution in [1.29, 1.82) is 0 Å². The molecule has 2 aliphatic heterocycles. The SMILES string of the molecule is S=C(Nc1cccnc1)N(Cc1ccc2c(c1)OCO2)CC1CCCO1. The minimum atomic E-state index is 0.206. The van der Waals surface area contributed by atoms with Crippen LogP contribution in [0.25, 0.3) is 0 Å². The third kappa shape index (κ3) is 4.05. The van der Waals surface area contributed by atoms with E-state index in [2.05, 4.69) is 15.2 Å². The highest BCUT2D eigenvalue weighted by molar-refractivity contribution is 7.80. The summed E-state index contributed by atoms with van der Waals surface area (Å²) < 4.78 is 16.7. The molecule has 1 saturated heterocycles. The van der Waals surface area contributed by atoms with Crippen LogP contribution in [0.2, 0.25) is 0 Å². The van der Waals surface area contributed by atoms with Crippen molar-refractivity contribution >= 4 is 23.0 Å². The second-order valence-electron chi connectivity index (χ2n) is 6.38. The van der Waals surface area contributed by atoms with Gasteiger partial charge in [-0.25, -0.2) is 0 Å². The quantitative estimate of drug-likeness (QED) is 0.810. The molecule has 1 fully saturated rings. The smallest absolute Gasteiger partial charge is 0.231 e. The zero-order chi connectivity index (χ0) is 17.8. The van der Waals surface area contributed by atoms with E-state index in [4.69, 9.17) is 26.4 Å². The van der Waals surface area contributed by atoms with Crippen LogP contribution in [-0.2, 0) is 11.3 Å². The van der Waals surface area contributed by atoms with Crippen LogP contribution in [0.4, 0.5) is 5.69 Å². The van der Waals surface area contributed by atoms with Crippen LogP contribution >= 0.6 is 12.2 Å². The number of fused-ring (bicyclic) bond motifs is 1. The molecule has 2 aliphatic rings. The summed E-state index contributed by atoms with van der Waals surface area (Å²) in [5.74, 6) is 1.57. The molecule has 2 aromatic rings. The Balaban J connectivity index is 1.49. The number of thiocarbonyl (C=S) groups is 1. The maximum atomic E-state index is 5.81. The summed E-state index contributed by atoms with van der Waals surface area (Å²) in [6.07, 6.45) is 5.87. The van der Waals surface area contributed by atoms with Crippen LogP contribution in [0.3, 0.4) is 0 Å². The third-order valence-corrected chi connectivity index (χ3v) is 4.82. The van der Waals surface area contributed by atoms with Crippen LogP contribution < -0.4 is 14.8 Å². The molecule has 0 saturated carbocycles. The van der Waals surface area contributed by atoms with Gasteiger partial charge in [0, 0.05) is 25.9 Å². The zero-order valence-corrected chi connectivity index (χ0v) is 15.2. The van der Waals surface area contributed by atoms with Gasteiger partial charge < -0.3 is 24.4 Å². The lowest BCUT2D eigenvalue weighted by Gasteiger charge is -2.28. The summed E-state index contributed by atoms with van der Waals surface area (Å²) in [7, 11) is 0. The highest BCUT2D eigenvalue weighted by Gasteiger charge is 2.22. The van der Waals surface area contributed by atoms with E-state index in [1.54, 1.807) is 12.4 Å². The molecule has 136 valence electrons. The molecule has 0 amide bonds. The Hall–Kier alpha value is -2.38. The number of pyridine rings is 1. The van der Waals surface area contributed by atoms with Gasteiger partial charge in [0.15, 0.2) is 16.6 Å². The molecule has 6 nitrogen and oxygen atoms in total. The Morgan fingerprint density at radius 3 is 3.00 bits per heavy atom. The molecule has 3 heterocycles. The lowest BCUT2D eigenvalue weighted by Crippen LogP contribution is -2.39. The summed E-state index contributed by atoms with van der Waals surface area (Å²) in [5, 5.41) is 3.93. The topological polar surface area (TPSA) is 55.9 Å². The van der Waals surface area contributed by atoms with Crippen molar-refractivity contribution in [1.82, 2.24) is 9.88 Å². The summed E-state index contributed by atoms with van der Waals surface area (Å²) in [6, 6.07) is 9.83. The van der Waals surface area contributed by atoms with E-state index in [1.165, 1.54) is 0 Å². The van der Waals surface area contributed by atoms with E-state index >= 15 is 0 Å². The molecule has 1 N–H and O–H groups in total. The van der Waals surface area contributed by atoms with Gasteiger partial charge in [0.2, 0.25) is 6.79 Å². The summed E-state index contributed by atoms with van der Waals surface area (Å²) in [5.41, 5.74) is 1.99. The Bertz CT molecular complexity index is 766. The fourth-order valence-electron chi connectivity index (χ4n) is 3.15. The molecule has 1 unspecified atom stereocenters. The van der Waals surface area contributed by atoms with Crippen molar-refractivity contribution in [3.05, 3.63) is 48.3 Å². The first kappa shape index (κ1) is 17.1. The number of ether oxygens (including phenoxy) is 3. The molecule has 1 aromatic heterocycles. The highest BCUT2D eigenvalue weighted by Crippen LogP contribution is 2.33. The second kappa shape index (κ2) is 7.88. The fourth-order valence-corrected chi connectivity index (χ4v) is 3.41. The molecule has 0 bridgehead atoms. The number of hydrogen-bond donors (Lipinski definition) is 1. The van der Waals surface area contributed by atoms with Gasteiger partial charge in [-0.2, -0.15) is 0 Å². The number of nitrogens with one attached hydrogen (secondary N) is 1. The lowest BCUT2D eigenvalue weighted by molar-refractivity contribution is 0.0905. The van der Waals surface area contributed by atoms with Gasteiger partial charge >= 0.3 is 0 Å². The largest absolute Gasteiger partial charge is 0.454 e. The van der Waals surface area contributed by atoms with Gasteiger partial charge in [-0.05, 0) is 54.9 Å². The fraction of sp³-hybridized carbons (Fsp3) is 0.368. The first-order valence-electron chi connectivity index (χ1n) is 8.74. The Morgan fingerprint density at radius 2 is 2.19 bits per heavy atom. The highest BCUT2D eigenvalue weighted by atomic mass is 32.1. The molecule has 1 atom stereocenters. The molecule has 1 aromatic carbocycles. The number of rotatable bonds is 5. The van der Waals surface area contributed by atoms with Crippen LogP contribution in [-0.4, -0.2) is 41.0 Å². The van der Waals surface area contributed by atoms with Crippen molar-refractivity contribution < 1.29 is 14.2 Å². The normalized spacial score (nSPS) is 17.9. The second-order valence-corrected chi connectivity index (χ2v) is 6.76. The van der Waals surface area contributed by atoms with Crippen LogP contribution in [0.5, 0.6) is 11.5 Å². The van der Waals surface area contributed by atoms with Crippen molar-refractivity contribution in [2.45, 2.75) is 25.5 Å². The van der Waals surface area contributed by atoms with E-state index in [-0.39, 0.29) is 12.9 Å². The zero-order valence-electron chi connectivity index (χ0n) is 14.4. The molecular formula is C19H21N3O3S. The Kier molecular flexibility index (Phi) is 5.17. The number of anilines is 1. The molecule has 0 radical (unpaired) electrons. The maximum Gasteiger partial charge on any atom is 0.231 e.